The Labute approximate surface area is 176 Å². The van der Waals surface area contributed by atoms with Crippen LogP contribution in [-0.2, 0) is 14.8 Å². The number of rotatable bonds is 6. The van der Waals surface area contributed by atoms with E-state index in [0.29, 0.717) is 29.4 Å². The summed E-state index contributed by atoms with van der Waals surface area (Å²) < 4.78 is 32.9. The van der Waals surface area contributed by atoms with Gasteiger partial charge in [0.05, 0.1) is 12.0 Å². The van der Waals surface area contributed by atoms with Crippen LogP contribution < -0.4 is 10.1 Å². The van der Waals surface area contributed by atoms with Crippen LogP contribution in [-0.4, -0.2) is 38.3 Å². The van der Waals surface area contributed by atoms with Crippen molar-refractivity contribution >= 4 is 33.2 Å². The van der Waals surface area contributed by atoms with Crippen molar-refractivity contribution in [3.05, 3.63) is 53.1 Å². The molecule has 0 aliphatic carbocycles. The first kappa shape index (κ1) is 21.6. The zero-order valence-electron chi connectivity index (χ0n) is 16.5. The molecule has 3 rings (SSSR count). The van der Waals surface area contributed by atoms with E-state index in [4.69, 9.17) is 16.3 Å². The van der Waals surface area contributed by atoms with Gasteiger partial charge >= 0.3 is 0 Å². The van der Waals surface area contributed by atoms with Crippen LogP contribution in [0.25, 0.3) is 0 Å². The fourth-order valence-electron chi connectivity index (χ4n) is 3.52. The van der Waals surface area contributed by atoms with E-state index in [1.165, 1.54) is 23.5 Å². The van der Waals surface area contributed by atoms with Crippen molar-refractivity contribution < 1.29 is 17.9 Å². The highest BCUT2D eigenvalue weighted by Crippen LogP contribution is 2.29. The fraction of sp³-hybridized carbons (Fsp3) is 0.381. The SMILES string of the molecule is COc1ccc(S(=O)(=O)N2CCCC[C@H]2CC(=O)Nc2cc(Cl)ccc2C)cc1. The maximum atomic E-state index is 13.2. The van der Waals surface area contributed by atoms with Gasteiger partial charge in [0.1, 0.15) is 5.75 Å². The third-order valence-corrected chi connectivity index (χ3v) is 7.34. The highest BCUT2D eigenvalue weighted by Gasteiger charge is 2.34. The predicted molar refractivity (Wildman–Crippen MR) is 114 cm³/mol. The Kier molecular flexibility index (Phi) is 6.82. The molecule has 0 spiro atoms. The van der Waals surface area contributed by atoms with Gasteiger partial charge in [0.25, 0.3) is 0 Å². The lowest BCUT2D eigenvalue weighted by molar-refractivity contribution is -0.117. The number of ether oxygens (including phenoxy) is 1. The molecule has 1 aliphatic rings. The number of benzene rings is 2. The highest BCUT2D eigenvalue weighted by molar-refractivity contribution is 7.89. The maximum Gasteiger partial charge on any atom is 0.243 e. The molecule has 1 atom stereocenters. The third kappa shape index (κ3) is 5.10. The quantitative estimate of drug-likeness (QED) is 0.735. The Hall–Kier alpha value is -2.09. The molecule has 1 N–H and O–H groups in total. The number of piperidine rings is 1. The molecule has 8 heteroatoms. The van der Waals surface area contributed by atoms with Crippen LogP contribution in [0.4, 0.5) is 5.69 Å². The fourth-order valence-corrected chi connectivity index (χ4v) is 5.39. The second kappa shape index (κ2) is 9.15. The molecule has 2 aromatic carbocycles. The van der Waals surface area contributed by atoms with Crippen LogP contribution in [0.1, 0.15) is 31.2 Å². The highest BCUT2D eigenvalue weighted by atomic mass is 35.5. The van der Waals surface area contributed by atoms with Crippen LogP contribution in [0, 0.1) is 6.92 Å². The summed E-state index contributed by atoms with van der Waals surface area (Å²) in [5, 5.41) is 3.40. The van der Waals surface area contributed by atoms with Crippen molar-refractivity contribution in [2.45, 2.75) is 43.5 Å². The maximum absolute atomic E-state index is 13.2. The molecule has 1 aliphatic heterocycles. The van der Waals surface area contributed by atoms with Crippen LogP contribution in [0.5, 0.6) is 5.75 Å². The van der Waals surface area contributed by atoms with E-state index in [1.807, 2.05) is 13.0 Å². The molecule has 1 heterocycles. The summed E-state index contributed by atoms with van der Waals surface area (Å²) in [5.41, 5.74) is 1.54. The van der Waals surface area contributed by atoms with Crippen molar-refractivity contribution in [2.24, 2.45) is 0 Å². The molecule has 0 bridgehead atoms. The van der Waals surface area contributed by atoms with Crippen LogP contribution >= 0.6 is 11.6 Å². The monoisotopic (exact) mass is 436 g/mol. The number of amides is 1. The first-order valence-corrected chi connectivity index (χ1v) is 11.3. The summed E-state index contributed by atoms with van der Waals surface area (Å²) >= 11 is 6.02. The van der Waals surface area contributed by atoms with Gasteiger partial charge in [-0.1, -0.05) is 24.1 Å². The van der Waals surface area contributed by atoms with Crippen LogP contribution in [0.3, 0.4) is 0 Å². The minimum atomic E-state index is -3.69. The predicted octanol–water partition coefficient (Wildman–Crippen LogP) is 4.23. The number of halogens is 1. The van der Waals surface area contributed by atoms with Gasteiger partial charge in [-0.05, 0) is 61.7 Å². The molecule has 6 nitrogen and oxygen atoms in total. The number of anilines is 1. The van der Waals surface area contributed by atoms with E-state index in [0.717, 1.165) is 18.4 Å². The normalized spacial score (nSPS) is 17.7. The van der Waals surface area contributed by atoms with Crippen LogP contribution in [0.2, 0.25) is 5.02 Å². The number of hydrogen-bond acceptors (Lipinski definition) is 4. The lowest BCUT2D eigenvalue weighted by atomic mass is 10.0. The molecule has 29 heavy (non-hydrogen) atoms. The van der Waals surface area contributed by atoms with Crippen molar-refractivity contribution in [3.8, 4) is 5.75 Å². The average molecular weight is 437 g/mol. The molecule has 0 radical (unpaired) electrons. The largest absolute Gasteiger partial charge is 0.497 e. The smallest absolute Gasteiger partial charge is 0.243 e. The van der Waals surface area contributed by atoms with Gasteiger partial charge in [-0.3, -0.25) is 4.79 Å². The second-order valence-electron chi connectivity index (χ2n) is 7.15. The van der Waals surface area contributed by atoms with E-state index in [1.54, 1.807) is 24.3 Å². The van der Waals surface area contributed by atoms with Gasteiger partial charge < -0.3 is 10.1 Å². The van der Waals surface area contributed by atoms with E-state index in [9.17, 15) is 13.2 Å². The Bertz CT molecular complexity index is 977. The number of aryl methyl sites for hydroxylation is 1. The van der Waals surface area contributed by atoms with E-state index in [-0.39, 0.29) is 23.3 Å². The molecule has 0 unspecified atom stereocenters. The standard InChI is InChI=1S/C21H25ClN2O4S/c1-15-6-7-16(22)13-20(15)23-21(25)14-17-5-3-4-12-24(17)29(26,27)19-10-8-18(28-2)9-11-19/h6-11,13,17H,3-5,12,14H2,1-2H3,(H,23,25)/t17-/m0/s1. The number of methoxy groups -OCH3 is 1. The Balaban J connectivity index is 1.76. The summed E-state index contributed by atoms with van der Waals surface area (Å²) in [6.07, 6.45) is 2.42. The number of nitrogens with zero attached hydrogens (tertiary/aromatic N) is 1. The molecule has 156 valence electrons. The Morgan fingerprint density at radius 2 is 1.93 bits per heavy atom. The zero-order chi connectivity index (χ0) is 21.0. The Morgan fingerprint density at radius 3 is 2.62 bits per heavy atom. The van der Waals surface area contributed by atoms with E-state index in [2.05, 4.69) is 5.32 Å². The number of nitrogens with one attached hydrogen (secondary N) is 1. The average Bonchev–Trinajstić information content (AvgIpc) is 2.71. The van der Waals surface area contributed by atoms with Gasteiger partial charge in [-0.2, -0.15) is 4.31 Å². The van der Waals surface area contributed by atoms with E-state index >= 15 is 0 Å². The van der Waals surface area contributed by atoms with Crippen molar-refractivity contribution in [3.63, 3.8) is 0 Å². The lowest BCUT2D eigenvalue weighted by Crippen LogP contribution is -2.45. The molecular formula is C21H25ClN2O4S. The summed E-state index contributed by atoms with van der Waals surface area (Å²) in [6, 6.07) is 11.2. The van der Waals surface area contributed by atoms with E-state index < -0.39 is 10.0 Å². The first-order valence-electron chi connectivity index (χ1n) is 9.53. The summed E-state index contributed by atoms with van der Waals surface area (Å²) in [6.45, 7) is 2.29. The third-order valence-electron chi connectivity index (χ3n) is 5.13. The van der Waals surface area contributed by atoms with Gasteiger partial charge in [0.15, 0.2) is 0 Å². The molecule has 0 aromatic heterocycles. The Morgan fingerprint density at radius 1 is 1.21 bits per heavy atom. The number of carbonyl (C=O) groups is 1. The van der Waals surface area contributed by atoms with Gasteiger partial charge in [0.2, 0.25) is 15.9 Å². The topological polar surface area (TPSA) is 75.7 Å². The number of carbonyl (C=O) groups excluding carboxylic acids is 1. The second-order valence-corrected chi connectivity index (χ2v) is 9.48. The minimum absolute atomic E-state index is 0.0985. The van der Waals surface area contributed by atoms with Crippen molar-refractivity contribution in [1.82, 2.24) is 4.31 Å². The number of sulfonamides is 1. The molecule has 0 saturated carbocycles. The minimum Gasteiger partial charge on any atom is -0.497 e. The zero-order valence-corrected chi connectivity index (χ0v) is 18.1. The molecule has 1 fully saturated rings. The first-order chi connectivity index (χ1) is 13.8. The van der Waals surface area contributed by atoms with Crippen LogP contribution in [0.15, 0.2) is 47.4 Å². The van der Waals surface area contributed by atoms with Gasteiger partial charge in [-0.25, -0.2) is 8.42 Å². The number of hydrogen-bond donors (Lipinski definition) is 1. The lowest BCUT2D eigenvalue weighted by Gasteiger charge is -2.34. The summed E-state index contributed by atoms with van der Waals surface area (Å²) in [4.78, 5) is 12.8. The van der Waals surface area contributed by atoms with Gasteiger partial charge in [0, 0.05) is 29.7 Å². The molecular weight excluding hydrogens is 412 g/mol. The molecule has 1 amide bonds. The van der Waals surface area contributed by atoms with Crippen molar-refractivity contribution in [1.29, 1.82) is 0 Å². The van der Waals surface area contributed by atoms with Gasteiger partial charge in [-0.15, -0.1) is 0 Å². The molecule has 1 saturated heterocycles. The van der Waals surface area contributed by atoms with Crippen molar-refractivity contribution in [2.75, 3.05) is 19.0 Å². The summed E-state index contributed by atoms with van der Waals surface area (Å²) in [7, 11) is -2.16. The molecule has 2 aromatic rings. The summed E-state index contributed by atoms with van der Waals surface area (Å²) in [5.74, 6) is 0.368.